The number of rotatable bonds is 10. The maximum absolute atomic E-state index is 12.5. The molecule has 0 fully saturated rings. The number of methoxy groups -OCH3 is 1. The van der Waals surface area contributed by atoms with E-state index in [-0.39, 0.29) is 10.9 Å². The molecule has 0 aliphatic rings. The molecular weight excluding hydrogens is 316 g/mol. The van der Waals surface area contributed by atoms with Gasteiger partial charge >= 0.3 is 0 Å². The van der Waals surface area contributed by atoms with E-state index in [1.807, 2.05) is 13.8 Å². The smallest absolute Gasteiger partial charge is 0.242 e. The molecule has 7 heteroatoms. The van der Waals surface area contributed by atoms with E-state index in [4.69, 9.17) is 15.2 Å². The van der Waals surface area contributed by atoms with Crippen LogP contribution in [0.1, 0.15) is 20.3 Å². The van der Waals surface area contributed by atoms with Crippen LogP contribution in [0.2, 0.25) is 0 Å². The van der Waals surface area contributed by atoms with Gasteiger partial charge in [0, 0.05) is 26.7 Å². The van der Waals surface area contributed by atoms with E-state index < -0.39 is 10.0 Å². The zero-order chi connectivity index (χ0) is 17.5. The Bertz CT molecular complexity index is 558. The first-order chi connectivity index (χ1) is 10.8. The van der Waals surface area contributed by atoms with Gasteiger partial charge in [-0.3, -0.25) is 0 Å². The molecule has 132 valence electrons. The van der Waals surface area contributed by atoms with Gasteiger partial charge in [-0.15, -0.1) is 0 Å². The average Bonchev–Trinajstić information content (AvgIpc) is 2.52. The fourth-order valence-electron chi connectivity index (χ4n) is 1.92. The Hall–Kier alpha value is -1.15. The largest absolute Gasteiger partial charge is 0.491 e. The van der Waals surface area contributed by atoms with Crippen LogP contribution in [0.3, 0.4) is 0 Å². The maximum Gasteiger partial charge on any atom is 0.242 e. The lowest BCUT2D eigenvalue weighted by Gasteiger charge is -2.21. The Morgan fingerprint density at radius 3 is 2.30 bits per heavy atom. The molecule has 23 heavy (non-hydrogen) atoms. The minimum atomic E-state index is -3.50. The van der Waals surface area contributed by atoms with Crippen LogP contribution in [0.5, 0.6) is 5.75 Å². The molecule has 1 unspecified atom stereocenters. The van der Waals surface area contributed by atoms with Gasteiger partial charge in [0.15, 0.2) is 0 Å². The van der Waals surface area contributed by atoms with E-state index in [1.165, 1.54) is 4.31 Å². The monoisotopic (exact) mass is 344 g/mol. The van der Waals surface area contributed by atoms with E-state index in [1.54, 1.807) is 38.4 Å². The number of sulfonamides is 1. The predicted molar refractivity (Wildman–Crippen MR) is 91.1 cm³/mol. The Morgan fingerprint density at radius 2 is 1.78 bits per heavy atom. The lowest BCUT2D eigenvalue weighted by Crippen LogP contribution is -2.34. The molecule has 0 saturated heterocycles. The van der Waals surface area contributed by atoms with Crippen molar-refractivity contribution in [2.45, 2.75) is 31.2 Å². The molecule has 0 heterocycles. The lowest BCUT2D eigenvalue weighted by molar-refractivity contribution is 0.146. The second-order valence-electron chi connectivity index (χ2n) is 5.84. The molecule has 0 radical (unpaired) electrons. The lowest BCUT2D eigenvalue weighted by atomic mass is 10.0. The maximum atomic E-state index is 12.5. The van der Waals surface area contributed by atoms with Crippen molar-refractivity contribution in [1.82, 2.24) is 4.31 Å². The van der Waals surface area contributed by atoms with Gasteiger partial charge in [-0.25, -0.2) is 12.7 Å². The fourth-order valence-corrected chi connectivity index (χ4v) is 3.10. The van der Waals surface area contributed by atoms with Crippen molar-refractivity contribution in [3.8, 4) is 5.75 Å². The van der Waals surface area contributed by atoms with Gasteiger partial charge in [0.05, 0.1) is 11.5 Å². The summed E-state index contributed by atoms with van der Waals surface area (Å²) in [6.45, 7) is 5.37. The third-order valence-electron chi connectivity index (χ3n) is 3.72. The van der Waals surface area contributed by atoms with Crippen molar-refractivity contribution < 1.29 is 17.9 Å². The van der Waals surface area contributed by atoms with E-state index in [2.05, 4.69) is 0 Å². The summed E-state index contributed by atoms with van der Waals surface area (Å²) in [7, 11) is -0.333. The molecule has 0 aliphatic heterocycles. The second-order valence-corrected chi connectivity index (χ2v) is 7.88. The molecule has 0 aliphatic carbocycles. The average molecular weight is 344 g/mol. The zero-order valence-electron chi connectivity index (χ0n) is 14.4. The third kappa shape index (κ3) is 6.10. The molecule has 0 bridgehead atoms. The van der Waals surface area contributed by atoms with E-state index in [0.29, 0.717) is 37.8 Å². The molecule has 1 aromatic carbocycles. The molecule has 1 aromatic rings. The van der Waals surface area contributed by atoms with Crippen molar-refractivity contribution in [2.75, 3.05) is 33.9 Å². The first-order valence-corrected chi connectivity index (χ1v) is 9.16. The number of nitrogens with two attached hydrogens (primary N) is 1. The Balaban J connectivity index is 2.67. The number of hydrogen-bond donors (Lipinski definition) is 1. The quantitative estimate of drug-likeness (QED) is 0.653. The van der Waals surface area contributed by atoms with Crippen molar-refractivity contribution in [1.29, 1.82) is 0 Å². The summed E-state index contributed by atoms with van der Waals surface area (Å²) in [5.74, 6) is 0.945. The summed E-state index contributed by atoms with van der Waals surface area (Å²) < 4.78 is 36.7. The molecule has 0 spiro atoms. The van der Waals surface area contributed by atoms with Gasteiger partial charge in [0.1, 0.15) is 12.4 Å². The summed E-state index contributed by atoms with van der Waals surface area (Å²) in [6.07, 6.45) is 0.631. The van der Waals surface area contributed by atoms with E-state index in [0.717, 1.165) is 0 Å². The summed E-state index contributed by atoms with van der Waals surface area (Å²) in [5.41, 5.74) is 5.98. The molecule has 0 aromatic heterocycles. The van der Waals surface area contributed by atoms with Gasteiger partial charge in [0.25, 0.3) is 0 Å². The minimum Gasteiger partial charge on any atom is -0.491 e. The molecule has 0 amide bonds. The highest BCUT2D eigenvalue weighted by Gasteiger charge is 2.21. The highest BCUT2D eigenvalue weighted by atomic mass is 32.2. The Kier molecular flexibility index (Phi) is 7.98. The summed E-state index contributed by atoms with van der Waals surface area (Å²) in [5, 5.41) is 0. The van der Waals surface area contributed by atoms with Gasteiger partial charge in [-0.1, -0.05) is 13.8 Å². The van der Waals surface area contributed by atoms with Crippen LogP contribution in [-0.2, 0) is 14.8 Å². The number of benzene rings is 1. The van der Waals surface area contributed by atoms with Crippen LogP contribution in [0.25, 0.3) is 0 Å². The van der Waals surface area contributed by atoms with Crippen LogP contribution >= 0.6 is 0 Å². The Morgan fingerprint density at radius 1 is 1.17 bits per heavy atom. The molecule has 1 atom stereocenters. The van der Waals surface area contributed by atoms with Crippen molar-refractivity contribution in [3.63, 3.8) is 0 Å². The number of ether oxygens (including phenoxy) is 2. The van der Waals surface area contributed by atoms with Gasteiger partial charge in [-0.2, -0.15) is 0 Å². The standard InChI is InChI=1S/C16H28N2O4S/c1-13(2)16(17)9-10-18(3)23(19,20)15-7-5-14(6-8-15)22-12-11-21-4/h5-8,13,16H,9-12,17H2,1-4H3. The first kappa shape index (κ1) is 19.9. The Labute approximate surface area is 139 Å². The summed E-state index contributed by atoms with van der Waals surface area (Å²) in [6, 6.07) is 6.39. The molecule has 0 saturated carbocycles. The molecule has 1 rings (SSSR count). The highest BCUT2D eigenvalue weighted by molar-refractivity contribution is 7.89. The third-order valence-corrected chi connectivity index (χ3v) is 5.59. The molecule has 2 N–H and O–H groups in total. The van der Waals surface area contributed by atoms with Crippen LogP contribution in [0.15, 0.2) is 29.2 Å². The first-order valence-electron chi connectivity index (χ1n) is 7.72. The number of hydrogen-bond acceptors (Lipinski definition) is 5. The fraction of sp³-hybridized carbons (Fsp3) is 0.625. The minimum absolute atomic E-state index is 0.00999. The van der Waals surface area contributed by atoms with Crippen LogP contribution in [0.4, 0.5) is 0 Å². The van der Waals surface area contributed by atoms with Crippen molar-refractivity contribution >= 4 is 10.0 Å². The zero-order valence-corrected chi connectivity index (χ0v) is 15.2. The van der Waals surface area contributed by atoms with Gasteiger partial charge in [-0.05, 0) is 36.6 Å². The van der Waals surface area contributed by atoms with E-state index in [9.17, 15) is 8.42 Å². The predicted octanol–water partition coefficient (Wildman–Crippen LogP) is 1.71. The normalized spacial score (nSPS) is 13.5. The summed E-state index contributed by atoms with van der Waals surface area (Å²) >= 11 is 0. The van der Waals surface area contributed by atoms with E-state index >= 15 is 0 Å². The van der Waals surface area contributed by atoms with Crippen molar-refractivity contribution in [3.05, 3.63) is 24.3 Å². The van der Waals surface area contributed by atoms with Gasteiger partial charge < -0.3 is 15.2 Å². The van der Waals surface area contributed by atoms with Gasteiger partial charge in [0.2, 0.25) is 10.0 Å². The van der Waals surface area contributed by atoms with Crippen LogP contribution in [0, 0.1) is 5.92 Å². The molecular formula is C16H28N2O4S. The van der Waals surface area contributed by atoms with Crippen LogP contribution < -0.4 is 10.5 Å². The topological polar surface area (TPSA) is 81.9 Å². The summed E-state index contributed by atoms with van der Waals surface area (Å²) in [4.78, 5) is 0.247. The second kappa shape index (κ2) is 9.22. The molecule has 6 nitrogen and oxygen atoms in total. The van der Waals surface area contributed by atoms with Crippen molar-refractivity contribution in [2.24, 2.45) is 11.7 Å². The SMILES string of the molecule is COCCOc1ccc(S(=O)(=O)N(C)CCC(N)C(C)C)cc1. The van der Waals surface area contributed by atoms with Crippen LogP contribution in [-0.4, -0.2) is 52.7 Å². The number of nitrogens with zero attached hydrogens (tertiary/aromatic N) is 1. The highest BCUT2D eigenvalue weighted by Crippen LogP contribution is 2.19.